The zero-order chi connectivity index (χ0) is 13.0. The van der Waals surface area contributed by atoms with Crippen molar-refractivity contribution in [3.05, 3.63) is 67.8 Å². The zero-order valence-electron chi connectivity index (χ0n) is 10.8. The molecule has 1 heterocycles. The van der Waals surface area contributed by atoms with Crippen molar-refractivity contribution in [1.82, 2.24) is 5.32 Å². The molecule has 1 aliphatic rings. The van der Waals surface area contributed by atoms with Crippen LogP contribution in [-0.4, -0.2) is 5.54 Å². The maximum atomic E-state index is 4.97. The van der Waals surface area contributed by atoms with Gasteiger partial charge in [0, 0.05) is 5.92 Å². The van der Waals surface area contributed by atoms with E-state index in [1.54, 1.807) is 0 Å². The molecule has 18 heavy (non-hydrogen) atoms. The number of hydrogen-bond donors (Lipinski definition) is 0. The molecule has 0 N–H and O–H groups in total. The van der Waals surface area contributed by atoms with Gasteiger partial charge in [0.2, 0.25) is 0 Å². The van der Waals surface area contributed by atoms with Crippen LogP contribution in [0.5, 0.6) is 0 Å². The van der Waals surface area contributed by atoms with E-state index in [-0.39, 0.29) is 5.54 Å². The molecule has 0 bridgehead atoms. The van der Waals surface area contributed by atoms with Crippen LogP contribution in [0.4, 0.5) is 5.69 Å². The van der Waals surface area contributed by atoms with Gasteiger partial charge >= 0.3 is 0 Å². The third-order valence-corrected chi connectivity index (χ3v) is 3.70. The third-order valence-electron chi connectivity index (χ3n) is 3.70. The molecule has 0 spiro atoms. The largest absolute Gasteiger partial charge is 0.277 e. The Labute approximate surface area is 110 Å². The van der Waals surface area contributed by atoms with Crippen LogP contribution in [0, 0.1) is 0 Å². The summed E-state index contributed by atoms with van der Waals surface area (Å²) in [5.41, 5.74) is 2.34. The quantitative estimate of drug-likeness (QED) is 0.648. The fraction of sp³-hybridized carbons (Fsp3) is 0.294. The average molecular weight is 238 g/mol. The van der Waals surface area contributed by atoms with Crippen molar-refractivity contribution in [2.24, 2.45) is 0 Å². The van der Waals surface area contributed by atoms with E-state index >= 15 is 0 Å². The van der Waals surface area contributed by atoms with Crippen molar-refractivity contribution in [1.29, 1.82) is 0 Å². The molecule has 0 fully saturated rings. The van der Waals surface area contributed by atoms with Crippen LogP contribution in [0.15, 0.2) is 62.2 Å². The summed E-state index contributed by atoms with van der Waals surface area (Å²) in [6.45, 7) is 11.7. The fourth-order valence-corrected chi connectivity index (χ4v) is 2.96. The molecule has 1 aromatic carbocycles. The Hall–Kier alpha value is -1.76. The van der Waals surface area contributed by atoms with Gasteiger partial charge in [-0.3, -0.25) is 5.32 Å². The molecule has 1 radical (unpaired) electrons. The third kappa shape index (κ3) is 2.01. The molecule has 1 atom stereocenters. The molecule has 0 aliphatic carbocycles. The van der Waals surface area contributed by atoms with Crippen LogP contribution in [-0.2, 0) is 0 Å². The Morgan fingerprint density at radius 1 is 1.06 bits per heavy atom. The lowest BCUT2D eigenvalue weighted by Gasteiger charge is -2.32. The molecule has 1 aliphatic heterocycles. The van der Waals surface area contributed by atoms with Gasteiger partial charge in [-0.2, -0.15) is 0 Å². The Bertz CT molecular complexity index is 448. The minimum Gasteiger partial charge on any atom is -0.277 e. The minimum atomic E-state index is -0.110. The van der Waals surface area contributed by atoms with Crippen LogP contribution < -0.4 is 5.32 Å². The first-order chi connectivity index (χ1) is 8.77. The second-order valence-corrected chi connectivity index (χ2v) is 4.84. The van der Waals surface area contributed by atoms with Crippen LogP contribution >= 0.6 is 0 Å². The van der Waals surface area contributed by atoms with E-state index in [2.05, 4.69) is 37.9 Å². The van der Waals surface area contributed by atoms with E-state index in [0.29, 0.717) is 5.92 Å². The number of para-hydroxylation sites is 1. The molecule has 0 amide bonds. The molecular formula is C17H20N. The summed E-state index contributed by atoms with van der Waals surface area (Å²) in [6.07, 6.45) is 8.63. The first-order valence-corrected chi connectivity index (χ1v) is 6.42. The van der Waals surface area contributed by atoms with Crippen molar-refractivity contribution in [2.45, 2.75) is 30.7 Å². The lowest BCUT2D eigenvalue weighted by Crippen LogP contribution is -2.38. The summed E-state index contributed by atoms with van der Waals surface area (Å²) in [4.78, 5) is 0. The summed E-state index contributed by atoms with van der Waals surface area (Å²) in [7, 11) is 0. The molecule has 1 unspecified atom stereocenters. The Morgan fingerprint density at radius 2 is 1.72 bits per heavy atom. The molecule has 0 saturated heterocycles. The van der Waals surface area contributed by atoms with Gasteiger partial charge < -0.3 is 0 Å². The van der Waals surface area contributed by atoms with Gasteiger partial charge in [0.05, 0.1) is 11.2 Å². The van der Waals surface area contributed by atoms with Crippen molar-refractivity contribution >= 4 is 5.69 Å². The Kier molecular flexibility index (Phi) is 3.71. The average Bonchev–Trinajstić information content (AvgIpc) is 2.65. The van der Waals surface area contributed by atoms with Crippen molar-refractivity contribution in [3.8, 4) is 0 Å². The summed E-state index contributed by atoms with van der Waals surface area (Å²) in [5.74, 6) is 0.391. The second-order valence-electron chi connectivity index (χ2n) is 4.84. The predicted octanol–water partition coefficient (Wildman–Crippen LogP) is 4.49. The SMILES string of the molecule is C=CCC1c2ccccc2[N]C1(CC=C)CC=C. The van der Waals surface area contributed by atoms with E-state index in [1.165, 1.54) is 5.56 Å². The van der Waals surface area contributed by atoms with Crippen molar-refractivity contribution in [3.63, 3.8) is 0 Å². The van der Waals surface area contributed by atoms with Gasteiger partial charge in [-0.25, -0.2) is 0 Å². The van der Waals surface area contributed by atoms with Crippen molar-refractivity contribution in [2.75, 3.05) is 0 Å². The van der Waals surface area contributed by atoms with Crippen LogP contribution in [0.3, 0.4) is 0 Å². The van der Waals surface area contributed by atoms with Crippen LogP contribution in [0.1, 0.15) is 30.7 Å². The normalized spacial score (nSPS) is 19.7. The minimum absolute atomic E-state index is 0.110. The summed E-state index contributed by atoms with van der Waals surface area (Å²) >= 11 is 0. The molecule has 93 valence electrons. The lowest BCUT2D eigenvalue weighted by atomic mass is 9.76. The highest BCUT2D eigenvalue weighted by Crippen LogP contribution is 2.48. The van der Waals surface area contributed by atoms with E-state index < -0.39 is 0 Å². The van der Waals surface area contributed by atoms with Gasteiger partial charge in [-0.05, 0) is 30.9 Å². The fourth-order valence-electron chi connectivity index (χ4n) is 2.96. The number of fused-ring (bicyclic) bond motifs is 1. The van der Waals surface area contributed by atoms with Gasteiger partial charge in [0.1, 0.15) is 0 Å². The molecule has 2 rings (SSSR count). The number of rotatable bonds is 6. The van der Waals surface area contributed by atoms with Crippen LogP contribution in [0.2, 0.25) is 0 Å². The molecule has 0 saturated carbocycles. The van der Waals surface area contributed by atoms with Gasteiger partial charge in [0.25, 0.3) is 0 Å². The first-order valence-electron chi connectivity index (χ1n) is 6.42. The highest BCUT2D eigenvalue weighted by atomic mass is 15.0. The topological polar surface area (TPSA) is 14.1 Å². The van der Waals surface area contributed by atoms with E-state index in [4.69, 9.17) is 5.32 Å². The molecular weight excluding hydrogens is 218 g/mol. The van der Waals surface area contributed by atoms with Crippen LogP contribution in [0.25, 0.3) is 0 Å². The maximum absolute atomic E-state index is 4.97. The first kappa shape index (κ1) is 12.7. The van der Waals surface area contributed by atoms with Gasteiger partial charge in [-0.15, -0.1) is 19.7 Å². The highest BCUT2D eigenvalue weighted by Gasteiger charge is 2.44. The molecule has 1 nitrogen and oxygen atoms in total. The van der Waals surface area contributed by atoms with E-state index in [1.807, 2.05) is 24.3 Å². The van der Waals surface area contributed by atoms with E-state index in [0.717, 1.165) is 24.9 Å². The maximum Gasteiger partial charge on any atom is 0.0755 e. The Balaban J connectivity index is 2.45. The molecule has 0 aromatic heterocycles. The Morgan fingerprint density at radius 3 is 2.33 bits per heavy atom. The smallest absolute Gasteiger partial charge is 0.0755 e. The van der Waals surface area contributed by atoms with Gasteiger partial charge in [0.15, 0.2) is 0 Å². The summed E-state index contributed by atoms with van der Waals surface area (Å²) in [6, 6.07) is 8.41. The standard InChI is InChI=1S/C17H20N/c1-4-9-15-14-10-7-8-11-16(14)18-17(15,12-5-2)13-6-3/h4-8,10-11,15H,1-3,9,12-13H2. The number of allylic oxidation sites excluding steroid dienone is 1. The second kappa shape index (κ2) is 5.26. The predicted molar refractivity (Wildman–Crippen MR) is 78.2 cm³/mol. The number of hydrogen-bond acceptors (Lipinski definition) is 0. The number of benzene rings is 1. The van der Waals surface area contributed by atoms with E-state index in [9.17, 15) is 0 Å². The van der Waals surface area contributed by atoms with Crippen molar-refractivity contribution < 1.29 is 0 Å². The van der Waals surface area contributed by atoms with Gasteiger partial charge in [-0.1, -0.05) is 36.4 Å². The highest BCUT2D eigenvalue weighted by molar-refractivity contribution is 5.55. The number of nitrogens with zero attached hydrogens (tertiary/aromatic N) is 1. The summed E-state index contributed by atoms with van der Waals surface area (Å²) in [5, 5.41) is 4.97. The monoisotopic (exact) mass is 238 g/mol. The zero-order valence-corrected chi connectivity index (χ0v) is 10.8. The summed E-state index contributed by atoms with van der Waals surface area (Å²) < 4.78 is 0. The molecule has 1 aromatic rings. The lowest BCUT2D eigenvalue weighted by molar-refractivity contribution is 0.326. The molecule has 1 heteroatoms.